The first-order chi connectivity index (χ1) is 6.58. The predicted molar refractivity (Wildman–Crippen MR) is 63.7 cm³/mol. The maximum Gasteiger partial charge on any atom is 0.153 e. The van der Waals surface area contributed by atoms with Crippen molar-refractivity contribution in [3.05, 3.63) is 0 Å². The molecule has 3 nitrogen and oxygen atoms in total. The van der Waals surface area contributed by atoms with Gasteiger partial charge in [0.1, 0.15) is 0 Å². The Hall–Kier alpha value is -0.0900. The van der Waals surface area contributed by atoms with E-state index in [1.165, 1.54) is 19.1 Å². The Morgan fingerprint density at radius 1 is 1.40 bits per heavy atom. The molecule has 1 rings (SSSR count). The van der Waals surface area contributed by atoms with Crippen LogP contribution in [0.15, 0.2) is 0 Å². The molecule has 15 heavy (non-hydrogen) atoms. The van der Waals surface area contributed by atoms with Gasteiger partial charge >= 0.3 is 0 Å². The van der Waals surface area contributed by atoms with Crippen molar-refractivity contribution in [3.8, 4) is 0 Å². The summed E-state index contributed by atoms with van der Waals surface area (Å²) in [5.74, 6) is 0. The molecule has 1 unspecified atom stereocenters. The number of sulfone groups is 1. The molecule has 1 saturated carbocycles. The van der Waals surface area contributed by atoms with Crippen LogP contribution in [0.4, 0.5) is 0 Å². The van der Waals surface area contributed by atoms with Crippen molar-refractivity contribution in [2.24, 2.45) is 5.41 Å². The van der Waals surface area contributed by atoms with E-state index in [4.69, 9.17) is 0 Å². The standard InChI is InChI=1S/C11H23NO2S/c1-9(11(4)6-7-11)12-8-10(2,3)15(5,13)14/h9,12H,6-8H2,1-5H3. The minimum Gasteiger partial charge on any atom is -0.312 e. The van der Waals surface area contributed by atoms with Crippen LogP contribution in [0.1, 0.15) is 40.5 Å². The van der Waals surface area contributed by atoms with E-state index >= 15 is 0 Å². The number of rotatable bonds is 5. The lowest BCUT2D eigenvalue weighted by Gasteiger charge is -2.28. The molecule has 0 aromatic heterocycles. The fourth-order valence-electron chi connectivity index (χ4n) is 1.41. The van der Waals surface area contributed by atoms with Crippen LogP contribution in [0.25, 0.3) is 0 Å². The van der Waals surface area contributed by atoms with Crippen LogP contribution in [0.5, 0.6) is 0 Å². The fourth-order valence-corrected chi connectivity index (χ4v) is 1.75. The van der Waals surface area contributed by atoms with Crippen LogP contribution in [-0.4, -0.2) is 32.0 Å². The van der Waals surface area contributed by atoms with Crippen molar-refractivity contribution >= 4 is 9.84 Å². The van der Waals surface area contributed by atoms with Gasteiger partial charge in [-0.1, -0.05) is 6.92 Å². The SMILES string of the molecule is CC(NCC(C)(C)S(C)(=O)=O)C1(C)CC1. The van der Waals surface area contributed by atoms with Crippen molar-refractivity contribution in [1.82, 2.24) is 5.32 Å². The normalized spacial score (nSPS) is 22.5. The Balaban J connectivity index is 2.50. The molecule has 0 saturated heterocycles. The van der Waals surface area contributed by atoms with E-state index in [-0.39, 0.29) is 0 Å². The minimum atomic E-state index is -2.99. The third-order valence-electron chi connectivity index (χ3n) is 3.92. The van der Waals surface area contributed by atoms with E-state index in [1.54, 1.807) is 13.8 Å². The van der Waals surface area contributed by atoms with Gasteiger partial charge in [-0.3, -0.25) is 0 Å². The Morgan fingerprint density at radius 3 is 2.20 bits per heavy atom. The summed E-state index contributed by atoms with van der Waals surface area (Å²) >= 11 is 0. The third kappa shape index (κ3) is 2.94. The van der Waals surface area contributed by atoms with Crippen LogP contribution in [0.3, 0.4) is 0 Å². The highest BCUT2D eigenvalue weighted by atomic mass is 32.2. The van der Waals surface area contributed by atoms with E-state index in [2.05, 4.69) is 19.2 Å². The Kier molecular flexibility index (Phi) is 3.23. The van der Waals surface area contributed by atoms with Gasteiger partial charge in [0, 0.05) is 18.8 Å². The first-order valence-electron chi connectivity index (χ1n) is 5.51. The first kappa shape index (κ1) is 13.0. The fraction of sp³-hybridized carbons (Fsp3) is 1.00. The maximum atomic E-state index is 11.5. The van der Waals surface area contributed by atoms with E-state index < -0.39 is 14.6 Å². The van der Waals surface area contributed by atoms with Gasteiger partial charge < -0.3 is 5.32 Å². The molecule has 4 heteroatoms. The molecule has 0 bridgehead atoms. The summed E-state index contributed by atoms with van der Waals surface area (Å²) in [7, 11) is -2.99. The van der Waals surface area contributed by atoms with Crippen LogP contribution >= 0.6 is 0 Å². The van der Waals surface area contributed by atoms with E-state index in [9.17, 15) is 8.42 Å². The maximum absolute atomic E-state index is 11.5. The largest absolute Gasteiger partial charge is 0.312 e. The molecular formula is C11H23NO2S. The molecule has 0 heterocycles. The van der Waals surface area contributed by atoms with Gasteiger partial charge in [-0.2, -0.15) is 0 Å². The van der Waals surface area contributed by atoms with Crippen LogP contribution in [-0.2, 0) is 9.84 Å². The van der Waals surface area contributed by atoms with Gasteiger partial charge in [0.25, 0.3) is 0 Å². The highest BCUT2D eigenvalue weighted by Crippen LogP contribution is 2.47. The van der Waals surface area contributed by atoms with Crippen molar-refractivity contribution in [3.63, 3.8) is 0 Å². The zero-order valence-electron chi connectivity index (χ0n) is 10.4. The predicted octanol–water partition coefficient (Wildman–Crippen LogP) is 1.59. The molecule has 1 atom stereocenters. The van der Waals surface area contributed by atoms with E-state index in [1.807, 2.05) is 0 Å². The van der Waals surface area contributed by atoms with Gasteiger partial charge in [-0.05, 0) is 39.0 Å². The highest BCUT2D eigenvalue weighted by molar-refractivity contribution is 7.92. The number of hydrogen-bond donors (Lipinski definition) is 1. The lowest BCUT2D eigenvalue weighted by atomic mass is 10.0. The molecule has 0 aliphatic heterocycles. The van der Waals surface area contributed by atoms with Crippen LogP contribution in [0, 0.1) is 5.41 Å². The van der Waals surface area contributed by atoms with Gasteiger partial charge in [0.05, 0.1) is 4.75 Å². The number of nitrogens with one attached hydrogen (secondary N) is 1. The molecule has 1 fully saturated rings. The summed E-state index contributed by atoms with van der Waals surface area (Å²) in [6.07, 6.45) is 3.80. The van der Waals surface area contributed by atoms with Gasteiger partial charge in [-0.15, -0.1) is 0 Å². The van der Waals surface area contributed by atoms with Gasteiger partial charge in [0.15, 0.2) is 9.84 Å². The molecular weight excluding hydrogens is 210 g/mol. The average Bonchev–Trinajstić information content (AvgIpc) is 2.79. The molecule has 0 radical (unpaired) electrons. The summed E-state index contributed by atoms with van der Waals surface area (Å²) < 4.78 is 22.3. The van der Waals surface area contributed by atoms with Crippen LogP contribution in [0.2, 0.25) is 0 Å². The summed E-state index contributed by atoms with van der Waals surface area (Å²) in [4.78, 5) is 0. The summed E-state index contributed by atoms with van der Waals surface area (Å²) in [5.41, 5.74) is 0.396. The average molecular weight is 233 g/mol. The summed E-state index contributed by atoms with van der Waals surface area (Å²) in [5, 5.41) is 3.35. The molecule has 1 aliphatic carbocycles. The van der Waals surface area contributed by atoms with Crippen molar-refractivity contribution < 1.29 is 8.42 Å². The summed E-state index contributed by atoms with van der Waals surface area (Å²) in [6, 6.07) is 0.401. The zero-order chi connectivity index (χ0) is 11.9. The number of hydrogen-bond acceptors (Lipinski definition) is 3. The van der Waals surface area contributed by atoms with Crippen molar-refractivity contribution in [2.75, 3.05) is 12.8 Å². The van der Waals surface area contributed by atoms with Gasteiger partial charge in [0.2, 0.25) is 0 Å². The first-order valence-corrected chi connectivity index (χ1v) is 7.41. The van der Waals surface area contributed by atoms with Crippen molar-refractivity contribution in [2.45, 2.75) is 51.3 Å². The molecule has 0 aromatic carbocycles. The monoisotopic (exact) mass is 233 g/mol. The molecule has 1 aliphatic rings. The summed E-state index contributed by atoms with van der Waals surface area (Å²) in [6.45, 7) is 8.47. The topological polar surface area (TPSA) is 46.2 Å². The van der Waals surface area contributed by atoms with Crippen molar-refractivity contribution in [1.29, 1.82) is 0 Å². The molecule has 0 spiro atoms. The quantitative estimate of drug-likeness (QED) is 0.784. The minimum absolute atomic E-state index is 0.396. The highest BCUT2D eigenvalue weighted by Gasteiger charge is 2.43. The Morgan fingerprint density at radius 2 is 1.87 bits per heavy atom. The lowest BCUT2D eigenvalue weighted by molar-refractivity contribution is 0.366. The second-order valence-electron chi connectivity index (χ2n) is 5.79. The van der Waals surface area contributed by atoms with Gasteiger partial charge in [-0.25, -0.2) is 8.42 Å². The molecule has 0 amide bonds. The second kappa shape index (κ2) is 3.74. The Bertz CT molecular complexity index is 328. The third-order valence-corrected chi connectivity index (χ3v) is 6.07. The molecule has 1 N–H and O–H groups in total. The smallest absolute Gasteiger partial charge is 0.153 e. The molecule has 0 aromatic rings. The zero-order valence-corrected chi connectivity index (χ0v) is 11.2. The second-order valence-corrected chi connectivity index (χ2v) is 8.44. The van der Waals surface area contributed by atoms with Crippen LogP contribution < -0.4 is 5.32 Å². The van der Waals surface area contributed by atoms with E-state index in [0.29, 0.717) is 18.0 Å². The lowest BCUT2D eigenvalue weighted by Crippen LogP contribution is -2.46. The van der Waals surface area contributed by atoms with E-state index in [0.717, 1.165) is 0 Å². The Labute approximate surface area is 93.6 Å². The molecule has 90 valence electrons.